The first-order valence-corrected chi connectivity index (χ1v) is 12.0. The zero-order chi connectivity index (χ0) is 25.7. The van der Waals surface area contributed by atoms with Crippen molar-refractivity contribution in [2.75, 3.05) is 7.11 Å². The van der Waals surface area contributed by atoms with Gasteiger partial charge < -0.3 is 14.8 Å². The summed E-state index contributed by atoms with van der Waals surface area (Å²) in [7, 11) is 1.61. The van der Waals surface area contributed by atoms with Gasteiger partial charge >= 0.3 is 0 Å². The molecule has 9 nitrogen and oxygen atoms in total. The second-order valence-corrected chi connectivity index (χ2v) is 8.84. The summed E-state index contributed by atoms with van der Waals surface area (Å²) in [6.45, 7) is 6.58. The quantitative estimate of drug-likeness (QED) is 0.364. The highest BCUT2D eigenvalue weighted by molar-refractivity contribution is 5.79. The molecule has 0 spiro atoms. The van der Waals surface area contributed by atoms with Crippen LogP contribution < -0.4 is 20.3 Å². The molecule has 0 unspecified atom stereocenters. The summed E-state index contributed by atoms with van der Waals surface area (Å²) in [4.78, 5) is 25.3. The molecule has 0 saturated heterocycles. The number of ether oxygens (including phenoxy) is 2. The number of methoxy groups -OCH3 is 1. The average molecular weight is 490 g/mol. The SMILES string of the molecule is COc1ccc(-n2cc3c(C)nn(CCCC(=O)NCc4ccc(OC(C)C)cc4)c(=O)c3n2)cc1. The Kier molecular flexibility index (Phi) is 7.68. The van der Waals surface area contributed by atoms with Gasteiger partial charge in [0.2, 0.25) is 5.91 Å². The summed E-state index contributed by atoms with van der Waals surface area (Å²) in [5, 5.41) is 12.6. The van der Waals surface area contributed by atoms with E-state index >= 15 is 0 Å². The van der Waals surface area contributed by atoms with Crippen LogP contribution in [-0.2, 0) is 17.9 Å². The molecule has 36 heavy (non-hydrogen) atoms. The highest BCUT2D eigenvalue weighted by atomic mass is 16.5. The van der Waals surface area contributed by atoms with Crippen molar-refractivity contribution in [1.29, 1.82) is 0 Å². The lowest BCUT2D eigenvalue weighted by molar-refractivity contribution is -0.121. The van der Waals surface area contributed by atoms with Gasteiger partial charge in [0.25, 0.3) is 5.56 Å². The van der Waals surface area contributed by atoms with Crippen LogP contribution in [-0.4, -0.2) is 38.7 Å². The second-order valence-electron chi connectivity index (χ2n) is 8.84. The van der Waals surface area contributed by atoms with Crippen LogP contribution in [0.1, 0.15) is 37.9 Å². The summed E-state index contributed by atoms with van der Waals surface area (Å²) < 4.78 is 13.9. The zero-order valence-corrected chi connectivity index (χ0v) is 21.0. The van der Waals surface area contributed by atoms with Crippen molar-refractivity contribution in [3.05, 3.63) is 76.3 Å². The lowest BCUT2D eigenvalue weighted by Crippen LogP contribution is -2.26. The number of hydrogen-bond donors (Lipinski definition) is 1. The number of benzene rings is 2. The van der Waals surface area contributed by atoms with Crippen molar-refractivity contribution in [1.82, 2.24) is 24.9 Å². The normalized spacial score (nSPS) is 11.1. The van der Waals surface area contributed by atoms with Gasteiger partial charge in [0, 0.05) is 31.1 Å². The highest BCUT2D eigenvalue weighted by Crippen LogP contribution is 2.18. The number of carbonyl (C=O) groups is 1. The number of aryl methyl sites for hydroxylation is 2. The molecule has 0 fully saturated rings. The van der Waals surface area contributed by atoms with Crippen LogP contribution in [0.4, 0.5) is 0 Å². The standard InChI is InChI=1S/C27H31N5O4/c1-18(2)36-23-11-7-20(8-12-23)16-28-25(33)6-5-15-31-27(34)26-24(19(3)29-31)17-32(30-26)21-9-13-22(35-4)14-10-21/h7-14,17-18H,5-6,15-16H2,1-4H3,(H,28,33). The zero-order valence-electron chi connectivity index (χ0n) is 21.0. The fraction of sp³-hybridized carbons (Fsp3) is 0.333. The molecule has 2 heterocycles. The monoisotopic (exact) mass is 489 g/mol. The molecule has 2 aromatic heterocycles. The van der Waals surface area contributed by atoms with Gasteiger partial charge in [-0.25, -0.2) is 9.36 Å². The van der Waals surface area contributed by atoms with E-state index in [1.165, 1.54) is 4.68 Å². The second kappa shape index (κ2) is 11.1. The van der Waals surface area contributed by atoms with E-state index < -0.39 is 0 Å². The van der Waals surface area contributed by atoms with Crippen LogP contribution >= 0.6 is 0 Å². The van der Waals surface area contributed by atoms with E-state index in [0.29, 0.717) is 42.5 Å². The average Bonchev–Trinajstić information content (AvgIpc) is 3.33. The third-order valence-corrected chi connectivity index (χ3v) is 5.71. The first-order valence-electron chi connectivity index (χ1n) is 12.0. The molecule has 188 valence electrons. The van der Waals surface area contributed by atoms with E-state index in [1.807, 2.05) is 69.3 Å². The van der Waals surface area contributed by atoms with Crippen LogP contribution in [0.5, 0.6) is 11.5 Å². The van der Waals surface area contributed by atoms with Gasteiger partial charge in [-0.15, -0.1) is 0 Å². The fourth-order valence-corrected chi connectivity index (χ4v) is 3.85. The number of hydrogen-bond acceptors (Lipinski definition) is 6. The Balaban J connectivity index is 1.35. The van der Waals surface area contributed by atoms with Crippen LogP contribution in [0.3, 0.4) is 0 Å². The van der Waals surface area contributed by atoms with Gasteiger partial charge in [-0.05, 0) is 69.2 Å². The maximum atomic E-state index is 13.0. The molecule has 0 radical (unpaired) electrons. The van der Waals surface area contributed by atoms with E-state index in [0.717, 1.165) is 22.7 Å². The van der Waals surface area contributed by atoms with Gasteiger partial charge in [0.15, 0.2) is 5.52 Å². The van der Waals surface area contributed by atoms with Crippen LogP contribution in [0, 0.1) is 6.92 Å². The molecule has 9 heteroatoms. The van der Waals surface area contributed by atoms with Crippen molar-refractivity contribution < 1.29 is 14.3 Å². The molecular weight excluding hydrogens is 458 g/mol. The van der Waals surface area contributed by atoms with Crippen molar-refractivity contribution >= 4 is 16.8 Å². The molecule has 0 aliphatic heterocycles. The lowest BCUT2D eigenvalue weighted by atomic mass is 10.2. The third kappa shape index (κ3) is 5.91. The Morgan fingerprint density at radius 2 is 1.72 bits per heavy atom. The van der Waals surface area contributed by atoms with Gasteiger partial charge in [-0.2, -0.15) is 10.2 Å². The number of fused-ring (bicyclic) bond motifs is 1. The number of rotatable bonds is 10. The molecule has 4 aromatic rings. The van der Waals surface area contributed by atoms with Gasteiger partial charge in [-0.1, -0.05) is 12.1 Å². The van der Waals surface area contributed by atoms with Crippen LogP contribution in [0.15, 0.2) is 59.5 Å². The predicted molar refractivity (Wildman–Crippen MR) is 138 cm³/mol. The maximum Gasteiger partial charge on any atom is 0.295 e. The number of aromatic nitrogens is 4. The van der Waals surface area contributed by atoms with Gasteiger partial charge in [0.1, 0.15) is 11.5 Å². The third-order valence-electron chi connectivity index (χ3n) is 5.71. The van der Waals surface area contributed by atoms with Gasteiger partial charge in [-0.3, -0.25) is 9.59 Å². The number of nitrogens with zero attached hydrogens (tertiary/aromatic N) is 4. The number of carbonyl (C=O) groups excluding carboxylic acids is 1. The lowest BCUT2D eigenvalue weighted by Gasteiger charge is -2.10. The molecule has 0 saturated carbocycles. The first kappa shape index (κ1) is 25.0. The summed E-state index contributed by atoms with van der Waals surface area (Å²) in [6, 6.07) is 15.1. The van der Waals surface area contributed by atoms with Crippen molar-refractivity contribution in [2.24, 2.45) is 0 Å². The molecule has 4 rings (SSSR count). The molecule has 0 aliphatic rings. The number of nitrogens with one attached hydrogen (secondary N) is 1. The molecule has 0 aliphatic carbocycles. The summed E-state index contributed by atoms with van der Waals surface area (Å²) >= 11 is 0. The molecule has 1 amide bonds. The Labute approximate surface area is 209 Å². The summed E-state index contributed by atoms with van der Waals surface area (Å²) in [6.07, 6.45) is 2.70. The van der Waals surface area contributed by atoms with Crippen LogP contribution in [0.2, 0.25) is 0 Å². The minimum atomic E-state index is -0.271. The molecular formula is C27H31N5O4. The van der Waals surface area contributed by atoms with E-state index in [-0.39, 0.29) is 17.6 Å². The smallest absolute Gasteiger partial charge is 0.295 e. The summed E-state index contributed by atoms with van der Waals surface area (Å²) in [5.41, 5.74) is 2.60. The first-order chi connectivity index (χ1) is 17.3. The molecule has 0 bridgehead atoms. The Bertz CT molecular complexity index is 1390. The Morgan fingerprint density at radius 1 is 1.03 bits per heavy atom. The van der Waals surface area contributed by atoms with E-state index in [2.05, 4.69) is 15.5 Å². The Morgan fingerprint density at radius 3 is 2.39 bits per heavy atom. The van der Waals surface area contributed by atoms with Crippen molar-refractivity contribution in [2.45, 2.75) is 52.8 Å². The molecule has 2 aromatic carbocycles. The van der Waals surface area contributed by atoms with Crippen molar-refractivity contribution in [3.8, 4) is 17.2 Å². The highest BCUT2D eigenvalue weighted by Gasteiger charge is 2.14. The van der Waals surface area contributed by atoms with Gasteiger partial charge in [0.05, 0.1) is 24.6 Å². The summed E-state index contributed by atoms with van der Waals surface area (Å²) in [5.74, 6) is 1.47. The van der Waals surface area contributed by atoms with E-state index in [4.69, 9.17) is 9.47 Å². The predicted octanol–water partition coefficient (Wildman–Crippen LogP) is 3.78. The topological polar surface area (TPSA) is 100 Å². The largest absolute Gasteiger partial charge is 0.497 e. The Hall–Kier alpha value is -4.14. The minimum absolute atomic E-state index is 0.0767. The molecule has 1 N–H and O–H groups in total. The fourth-order valence-electron chi connectivity index (χ4n) is 3.85. The maximum absolute atomic E-state index is 13.0. The van der Waals surface area contributed by atoms with Crippen LogP contribution in [0.25, 0.3) is 16.6 Å². The van der Waals surface area contributed by atoms with E-state index in [9.17, 15) is 9.59 Å². The minimum Gasteiger partial charge on any atom is -0.497 e. The van der Waals surface area contributed by atoms with Crippen molar-refractivity contribution in [3.63, 3.8) is 0 Å². The van der Waals surface area contributed by atoms with E-state index in [1.54, 1.807) is 18.0 Å². The number of amides is 1. The molecule has 0 atom stereocenters.